The smallest absolute Gasteiger partial charge is 0.257 e. The zero-order chi connectivity index (χ0) is 20.3. The van der Waals surface area contributed by atoms with E-state index in [1.807, 2.05) is 24.3 Å². The van der Waals surface area contributed by atoms with Crippen molar-refractivity contribution in [3.63, 3.8) is 0 Å². The minimum Gasteiger partial charge on any atom is -0.486 e. The average Bonchev–Trinajstić information content (AvgIpc) is 3.24. The number of benzene rings is 2. The number of carbonyl (C=O) groups is 1. The summed E-state index contributed by atoms with van der Waals surface area (Å²) in [5, 5.41) is 15.7. The molecule has 6 nitrogen and oxygen atoms in total. The van der Waals surface area contributed by atoms with Crippen molar-refractivity contribution in [3.05, 3.63) is 69.2 Å². The molecule has 162 valence electrons. The van der Waals surface area contributed by atoms with Crippen LogP contribution in [0.2, 0.25) is 0 Å². The summed E-state index contributed by atoms with van der Waals surface area (Å²) in [6, 6.07) is 12.1. The maximum Gasteiger partial charge on any atom is 0.257 e. The molecule has 2 aromatic carbocycles. The highest BCUT2D eigenvalue weighted by molar-refractivity contribution is 7.15. The minimum absolute atomic E-state index is 0. The van der Waals surface area contributed by atoms with E-state index in [2.05, 4.69) is 33.0 Å². The third kappa shape index (κ3) is 4.89. The van der Waals surface area contributed by atoms with Crippen LogP contribution in [0.15, 0.2) is 36.4 Å². The average molecular weight is 457 g/mol. The lowest BCUT2D eigenvalue weighted by molar-refractivity contribution is 0.102. The Morgan fingerprint density at radius 2 is 1.97 bits per heavy atom. The number of nitrogens with one attached hydrogen (secondary N) is 2. The molecular formula is C23H25ClN4O2S. The highest BCUT2D eigenvalue weighted by atomic mass is 35.5. The van der Waals surface area contributed by atoms with Crippen molar-refractivity contribution in [1.82, 2.24) is 15.5 Å². The number of ether oxygens (including phenoxy) is 1. The Labute approximate surface area is 191 Å². The zero-order valence-corrected chi connectivity index (χ0v) is 18.8. The van der Waals surface area contributed by atoms with Crippen LogP contribution in [0.25, 0.3) is 0 Å². The molecule has 3 aromatic rings. The lowest BCUT2D eigenvalue weighted by Gasteiger charge is -2.19. The molecule has 0 spiro atoms. The molecule has 0 fully saturated rings. The highest BCUT2D eigenvalue weighted by Gasteiger charge is 2.16. The number of nitrogens with zero attached hydrogens (tertiary/aromatic N) is 2. The molecule has 1 aromatic heterocycles. The number of aromatic nitrogens is 2. The largest absolute Gasteiger partial charge is 0.486 e. The van der Waals surface area contributed by atoms with E-state index in [9.17, 15) is 4.79 Å². The van der Waals surface area contributed by atoms with Crippen molar-refractivity contribution >= 4 is 34.8 Å². The Hall–Kier alpha value is -2.48. The molecule has 1 aliphatic carbocycles. The number of aryl methyl sites for hydroxylation is 1. The molecule has 0 atom stereocenters. The van der Waals surface area contributed by atoms with Crippen molar-refractivity contribution in [2.45, 2.75) is 45.3 Å². The number of halogens is 1. The van der Waals surface area contributed by atoms with Crippen molar-refractivity contribution in [1.29, 1.82) is 0 Å². The lowest BCUT2D eigenvalue weighted by Crippen LogP contribution is -2.24. The molecule has 2 aliphatic rings. The maximum absolute atomic E-state index is 12.6. The van der Waals surface area contributed by atoms with Crippen LogP contribution in [0.4, 0.5) is 5.13 Å². The first kappa shape index (κ1) is 21.7. The summed E-state index contributed by atoms with van der Waals surface area (Å²) in [6.45, 7) is 2.17. The Morgan fingerprint density at radius 1 is 1.06 bits per heavy atom. The van der Waals surface area contributed by atoms with E-state index in [4.69, 9.17) is 4.74 Å². The van der Waals surface area contributed by atoms with Crippen LogP contribution in [-0.2, 0) is 32.4 Å². The Balaban J connectivity index is 0.00000231. The van der Waals surface area contributed by atoms with Gasteiger partial charge in [-0.3, -0.25) is 10.1 Å². The zero-order valence-electron chi connectivity index (χ0n) is 17.1. The fraction of sp³-hybridized carbons (Fsp3) is 0.348. The van der Waals surface area contributed by atoms with Gasteiger partial charge < -0.3 is 10.1 Å². The van der Waals surface area contributed by atoms with E-state index in [-0.39, 0.29) is 18.3 Å². The fourth-order valence-corrected chi connectivity index (χ4v) is 4.82. The monoisotopic (exact) mass is 456 g/mol. The predicted octanol–water partition coefficient (Wildman–Crippen LogP) is 4.32. The molecule has 1 aliphatic heterocycles. The van der Waals surface area contributed by atoms with Gasteiger partial charge in [-0.05, 0) is 79.1 Å². The quantitative estimate of drug-likeness (QED) is 0.598. The number of hydrogen-bond donors (Lipinski definition) is 2. The van der Waals surface area contributed by atoms with Gasteiger partial charge in [-0.2, -0.15) is 0 Å². The van der Waals surface area contributed by atoms with Crippen molar-refractivity contribution < 1.29 is 9.53 Å². The number of carbonyl (C=O) groups excluding carboxylic acids is 1. The van der Waals surface area contributed by atoms with Crippen LogP contribution in [-0.4, -0.2) is 22.6 Å². The molecule has 5 rings (SSSR count). The van der Waals surface area contributed by atoms with Crippen LogP contribution in [0.1, 0.15) is 50.5 Å². The maximum atomic E-state index is 12.6. The summed E-state index contributed by atoms with van der Waals surface area (Å²) in [7, 11) is 0. The molecule has 0 unspecified atom stereocenters. The van der Waals surface area contributed by atoms with Gasteiger partial charge in [-0.1, -0.05) is 29.5 Å². The summed E-state index contributed by atoms with van der Waals surface area (Å²) in [5.41, 5.74) is 5.86. The normalized spacial score (nSPS) is 14.7. The van der Waals surface area contributed by atoms with Crippen LogP contribution in [0.3, 0.4) is 0 Å². The fourth-order valence-electron chi connectivity index (χ4n) is 4.17. The number of rotatable bonds is 5. The van der Waals surface area contributed by atoms with Crippen molar-refractivity contribution in [3.8, 4) is 5.75 Å². The first-order chi connectivity index (χ1) is 14.8. The van der Waals surface area contributed by atoms with Gasteiger partial charge in [-0.15, -0.1) is 22.6 Å². The van der Waals surface area contributed by atoms with E-state index < -0.39 is 0 Å². The second-order valence-electron chi connectivity index (χ2n) is 7.75. The SMILES string of the molecule is Cl.O=C(Nc1nnc(COc2cccc3c2CCCC3)s1)c1ccc2c(c1)CCNC2. The number of amides is 1. The van der Waals surface area contributed by atoms with Gasteiger partial charge in [0.15, 0.2) is 5.01 Å². The third-order valence-corrected chi connectivity index (χ3v) is 6.56. The number of hydrogen-bond acceptors (Lipinski definition) is 6. The summed E-state index contributed by atoms with van der Waals surface area (Å²) >= 11 is 1.35. The van der Waals surface area contributed by atoms with E-state index in [0.29, 0.717) is 17.3 Å². The first-order valence-corrected chi connectivity index (χ1v) is 11.3. The topological polar surface area (TPSA) is 76.1 Å². The number of anilines is 1. The van der Waals surface area contributed by atoms with E-state index >= 15 is 0 Å². The van der Waals surface area contributed by atoms with Crippen LogP contribution in [0.5, 0.6) is 5.75 Å². The van der Waals surface area contributed by atoms with Gasteiger partial charge in [0.2, 0.25) is 5.13 Å². The molecular weight excluding hydrogens is 432 g/mol. The molecule has 1 amide bonds. The van der Waals surface area contributed by atoms with Crippen molar-refractivity contribution in [2.24, 2.45) is 0 Å². The van der Waals surface area contributed by atoms with Gasteiger partial charge in [0, 0.05) is 12.1 Å². The van der Waals surface area contributed by atoms with Gasteiger partial charge in [-0.25, -0.2) is 0 Å². The Kier molecular flexibility index (Phi) is 6.85. The molecule has 0 radical (unpaired) electrons. The van der Waals surface area contributed by atoms with Crippen LogP contribution in [0, 0.1) is 0 Å². The lowest BCUT2D eigenvalue weighted by atomic mass is 9.91. The minimum atomic E-state index is -0.155. The second kappa shape index (κ2) is 9.77. The predicted molar refractivity (Wildman–Crippen MR) is 124 cm³/mol. The molecule has 0 bridgehead atoms. The first-order valence-electron chi connectivity index (χ1n) is 10.5. The van der Waals surface area contributed by atoms with Gasteiger partial charge in [0.25, 0.3) is 5.91 Å². The van der Waals surface area contributed by atoms with Crippen LogP contribution >= 0.6 is 23.7 Å². The molecule has 8 heteroatoms. The third-order valence-electron chi connectivity index (χ3n) is 5.75. The highest BCUT2D eigenvalue weighted by Crippen LogP contribution is 2.30. The molecule has 2 heterocycles. The molecule has 0 saturated heterocycles. The molecule has 2 N–H and O–H groups in total. The van der Waals surface area contributed by atoms with Crippen LogP contribution < -0.4 is 15.4 Å². The summed E-state index contributed by atoms with van der Waals surface area (Å²) in [5.74, 6) is 0.786. The molecule has 0 saturated carbocycles. The Bertz CT molecular complexity index is 1090. The van der Waals surface area contributed by atoms with Crippen molar-refractivity contribution in [2.75, 3.05) is 11.9 Å². The Morgan fingerprint density at radius 3 is 2.90 bits per heavy atom. The summed E-state index contributed by atoms with van der Waals surface area (Å²) in [6.07, 6.45) is 5.60. The second-order valence-corrected chi connectivity index (χ2v) is 8.82. The van der Waals surface area contributed by atoms with Gasteiger partial charge in [0.1, 0.15) is 12.4 Å². The van der Waals surface area contributed by atoms with Gasteiger partial charge >= 0.3 is 0 Å². The van der Waals surface area contributed by atoms with Gasteiger partial charge in [0.05, 0.1) is 0 Å². The summed E-state index contributed by atoms with van der Waals surface area (Å²) < 4.78 is 6.04. The van der Waals surface area contributed by atoms with E-state index in [0.717, 1.165) is 43.1 Å². The standard InChI is InChI=1S/C23H24N4O2S.ClH/c28-22(17-8-9-18-13-24-11-10-16(18)12-17)25-23-27-26-21(30-23)14-29-20-7-3-5-15-4-1-2-6-19(15)20;/h3,5,7-9,12,24H,1-2,4,6,10-11,13-14H2,(H,25,27,28);1H. The summed E-state index contributed by atoms with van der Waals surface area (Å²) in [4.78, 5) is 12.6. The van der Waals surface area contributed by atoms with E-state index in [1.165, 1.54) is 46.4 Å². The molecule has 31 heavy (non-hydrogen) atoms. The number of fused-ring (bicyclic) bond motifs is 2. The van der Waals surface area contributed by atoms with E-state index in [1.54, 1.807) is 0 Å².